The van der Waals surface area contributed by atoms with E-state index < -0.39 is 12.4 Å². The maximum atomic E-state index is 9.89. The SMILES string of the molecule is CCOC(OCC)C(O)c1ccsc1. The van der Waals surface area contributed by atoms with Crippen LogP contribution in [0.2, 0.25) is 0 Å². The Bertz CT molecular complexity index is 230. The van der Waals surface area contributed by atoms with Gasteiger partial charge >= 0.3 is 0 Å². The second kappa shape index (κ2) is 6.14. The average Bonchev–Trinajstić information content (AvgIpc) is 2.69. The number of ether oxygens (including phenoxy) is 2. The van der Waals surface area contributed by atoms with Gasteiger partial charge in [-0.2, -0.15) is 11.3 Å². The van der Waals surface area contributed by atoms with Crippen molar-refractivity contribution in [2.75, 3.05) is 13.2 Å². The maximum Gasteiger partial charge on any atom is 0.187 e. The Labute approximate surface area is 88.3 Å². The van der Waals surface area contributed by atoms with Gasteiger partial charge in [0.15, 0.2) is 6.29 Å². The molecule has 0 saturated carbocycles. The van der Waals surface area contributed by atoms with Gasteiger partial charge in [-0.1, -0.05) is 0 Å². The lowest BCUT2D eigenvalue weighted by atomic mass is 10.2. The van der Waals surface area contributed by atoms with Crippen molar-refractivity contribution >= 4 is 11.3 Å². The maximum absolute atomic E-state index is 9.89. The zero-order valence-corrected chi connectivity index (χ0v) is 9.29. The summed E-state index contributed by atoms with van der Waals surface area (Å²) in [4.78, 5) is 0. The minimum Gasteiger partial charge on any atom is -0.383 e. The number of hydrogen-bond donors (Lipinski definition) is 1. The molecule has 0 aliphatic rings. The molecule has 14 heavy (non-hydrogen) atoms. The molecular formula is C10H16O3S. The molecule has 80 valence electrons. The van der Waals surface area contributed by atoms with E-state index in [-0.39, 0.29) is 0 Å². The van der Waals surface area contributed by atoms with Crippen LogP contribution in [-0.4, -0.2) is 24.6 Å². The second-order valence-electron chi connectivity index (χ2n) is 2.78. The molecule has 0 amide bonds. The number of hydrogen-bond acceptors (Lipinski definition) is 4. The van der Waals surface area contributed by atoms with Crippen LogP contribution in [-0.2, 0) is 9.47 Å². The van der Waals surface area contributed by atoms with Gasteiger partial charge in [-0.3, -0.25) is 0 Å². The summed E-state index contributed by atoms with van der Waals surface area (Å²) < 4.78 is 10.6. The minimum absolute atomic E-state index is 0.534. The van der Waals surface area contributed by atoms with Gasteiger partial charge in [0.1, 0.15) is 6.10 Å². The van der Waals surface area contributed by atoms with Crippen molar-refractivity contribution in [3.8, 4) is 0 Å². The first-order chi connectivity index (χ1) is 6.79. The normalized spacial score (nSPS) is 13.4. The van der Waals surface area contributed by atoms with Gasteiger partial charge in [-0.15, -0.1) is 0 Å². The van der Waals surface area contributed by atoms with E-state index >= 15 is 0 Å². The molecule has 1 aromatic rings. The molecule has 1 rings (SSSR count). The van der Waals surface area contributed by atoms with Gasteiger partial charge in [0, 0.05) is 13.2 Å². The van der Waals surface area contributed by atoms with Gasteiger partial charge < -0.3 is 14.6 Å². The first-order valence-electron chi connectivity index (χ1n) is 4.73. The highest BCUT2D eigenvalue weighted by Gasteiger charge is 2.21. The Morgan fingerprint density at radius 2 is 2.00 bits per heavy atom. The van der Waals surface area contributed by atoms with Crippen LogP contribution in [0.1, 0.15) is 25.5 Å². The summed E-state index contributed by atoms with van der Waals surface area (Å²) in [5.41, 5.74) is 0.849. The third-order valence-electron chi connectivity index (χ3n) is 1.80. The lowest BCUT2D eigenvalue weighted by Gasteiger charge is -2.21. The summed E-state index contributed by atoms with van der Waals surface area (Å²) in [5.74, 6) is 0. The summed E-state index contributed by atoms with van der Waals surface area (Å²) in [6.45, 7) is 4.83. The van der Waals surface area contributed by atoms with Crippen molar-refractivity contribution in [1.82, 2.24) is 0 Å². The molecule has 0 bridgehead atoms. The van der Waals surface area contributed by atoms with Gasteiger partial charge in [-0.05, 0) is 36.2 Å². The van der Waals surface area contributed by atoms with Crippen molar-refractivity contribution in [2.24, 2.45) is 0 Å². The lowest BCUT2D eigenvalue weighted by molar-refractivity contribution is -0.191. The number of thiophene rings is 1. The molecule has 0 radical (unpaired) electrons. The van der Waals surface area contributed by atoms with Gasteiger partial charge in [-0.25, -0.2) is 0 Å². The molecular weight excluding hydrogens is 200 g/mol. The molecule has 0 saturated heterocycles. The summed E-state index contributed by atoms with van der Waals surface area (Å²) in [5, 5.41) is 13.7. The zero-order chi connectivity index (χ0) is 10.4. The van der Waals surface area contributed by atoms with Crippen molar-refractivity contribution in [2.45, 2.75) is 26.2 Å². The van der Waals surface area contributed by atoms with Crippen LogP contribution in [0, 0.1) is 0 Å². The monoisotopic (exact) mass is 216 g/mol. The number of aliphatic hydroxyl groups is 1. The van der Waals surface area contributed by atoms with E-state index in [1.807, 2.05) is 30.7 Å². The highest BCUT2D eigenvalue weighted by atomic mass is 32.1. The van der Waals surface area contributed by atoms with E-state index in [2.05, 4.69) is 0 Å². The molecule has 4 heteroatoms. The number of aliphatic hydroxyl groups excluding tert-OH is 1. The molecule has 0 aliphatic carbocycles. The Kier molecular flexibility index (Phi) is 5.11. The molecule has 1 atom stereocenters. The van der Waals surface area contributed by atoms with Crippen LogP contribution >= 0.6 is 11.3 Å². The molecule has 0 spiro atoms. The predicted molar refractivity (Wildman–Crippen MR) is 56.3 cm³/mol. The van der Waals surface area contributed by atoms with Crippen molar-refractivity contribution in [3.63, 3.8) is 0 Å². The van der Waals surface area contributed by atoms with E-state index in [1.165, 1.54) is 0 Å². The molecule has 1 aromatic heterocycles. The fourth-order valence-electron chi connectivity index (χ4n) is 1.16. The highest BCUT2D eigenvalue weighted by Crippen LogP contribution is 2.22. The Balaban J connectivity index is 2.58. The van der Waals surface area contributed by atoms with Crippen LogP contribution in [0.4, 0.5) is 0 Å². The molecule has 1 N–H and O–H groups in total. The molecule has 0 aliphatic heterocycles. The Morgan fingerprint density at radius 3 is 2.43 bits per heavy atom. The van der Waals surface area contributed by atoms with Crippen LogP contribution in [0.15, 0.2) is 16.8 Å². The third-order valence-corrected chi connectivity index (χ3v) is 2.51. The first kappa shape index (κ1) is 11.7. The van der Waals surface area contributed by atoms with Crippen molar-refractivity contribution in [1.29, 1.82) is 0 Å². The summed E-state index contributed by atoms with van der Waals surface area (Å²) in [6, 6.07) is 1.88. The Morgan fingerprint density at radius 1 is 1.36 bits per heavy atom. The summed E-state index contributed by atoms with van der Waals surface area (Å²) >= 11 is 1.55. The van der Waals surface area contributed by atoms with Crippen LogP contribution < -0.4 is 0 Å². The van der Waals surface area contributed by atoms with Crippen LogP contribution in [0.5, 0.6) is 0 Å². The lowest BCUT2D eigenvalue weighted by Crippen LogP contribution is -2.25. The number of rotatable bonds is 6. The molecule has 1 heterocycles. The van der Waals surface area contributed by atoms with E-state index in [1.54, 1.807) is 11.3 Å². The van der Waals surface area contributed by atoms with E-state index in [9.17, 15) is 5.11 Å². The van der Waals surface area contributed by atoms with Crippen molar-refractivity contribution in [3.05, 3.63) is 22.4 Å². The minimum atomic E-state index is -0.693. The molecule has 3 nitrogen and oxygen atoms in total. The summed E-state index contributed by atoms with van der Waals surface area (Å²) in [7, 11) is 0. The van der Waals surface area contributed by atoms with E-state index in [4.69, 9.17) is 9.47 Å². The topological polar surface area (TPSA) is 38.7 Å². The largest absolute Gasteiger partial charge is 0.383 e. The Hall–Kier alpha value is -0.420. The molecule has 0 aromatic carbocycles. The van der Waals surface area contributed by atoms with Crippen molar-refractivity contribution < 1.29 is 14.6 Å². The van der Waals surface area contributed by atoms with Crippen LogP contribution in [0.3, 0.4) is 0 Å². The van der Waals surface area contributed by atoms with Crippen LogP contribution in [0.25, 0.3) is 0 Å². The highest BCUT2D eigenvalue weighted by molar-refractivity contribution is 7.07. The van der Waals surface area contributed by atoms with E-state index in [0.29, 0.717) is 13.2 Å². The standard InChI is InChI=1S/C10H16O3S/c1-3-12-10(13-4-2)9(11)8-5-6-14-7-8/h5-7,9-11H,3-4H2,1-2H3. The van der Waals surface area contributed by atoms with E-state index in [0.717, 1.165) is 5.56 Å². The fourth-order valence-corrected chi connectivity index (χ4v) is 1.85. The van der Waals surface area contributed by atoms with Gasteiger partial charge in [0.2, 0.25) is 0 Å². The summed E-state index contributed by atoms with van der Waals surface area (Å²) in [6.07, 6.45) is -1.25. The van der Waals surface area contributed by atoms with Gasteiger partial charge in [0.05, 0.1) is 0 Å². The molecule has 0 fully saturated rings. The third kappa shape index (κ3) is 3.06. The first-order valence-corrected chi connectivity index (χ1v) is 5.67. The molecule has 1 unspecified atom stereocenters. The fraction of sp³-hybridized carbons (Fsp3) is 0.600. The quantitative estimate of drug-likeness (QED) is 0.741. The zero-order valence-electron chi connectivity index (χ0n) is 8.47. The smallest absolute Gasteiger partial charge is 0.187 e. The average molecular weight is 216 g/mol. The van der Waals surface area contributed by atoms with Gasteiger partial charge in [0.25, 0.3) is 0 Å². The predicted octanol–water partition coefficient (Wildman–Crippen LogP) is 2.18. The second-order valence-corrected chi connectivity index (χ2v) is 3.56.